The number of nitrogens with two attached hydrogens (primary N) is 1. The van der Waals surface area contributed by atoms with E-state index >= 15 is 0 Å². The van der Waals surface area contributed by atoms with Gasteiger partial charge in [-0.2, -0.15) is 0 Å². The maximum absolute atomic E-state index is 12.3. The standard InChI is InChI=1S/C20H14Br2N2O6/c21-10-6-11(16(12(22)7-10)30-8-9-4-2-1-3-5-9)13-14(19(26)27)17(23)24-18(25)15(13)20(28)29/h1-7H,8H2,(H,26,27)(H,28,29)(H3,23,24,25). The molecule has 0 fully saturated rings. The number of nitrogens with one attached hydrogen (secondary N) is 1. The first-order valence-electron chi connectivity index (χ1n) is 8.39. The molecule has 0 saturated heterocycles. The molecule has 0 aliphatic rings. The number of anilines is 1. The minimum atomic E-state index is -1.60. The van der Waals surface area contributed by atoms with E-state index in [0.717, 1.165) is 5.56 Å². The summed E-state index contributed by atoms with van der Waals surface area (Å²) >= 11 is 6.67. The van der Waals surface area contributed by atoms with Crippen LogP contribution in [0.1, 0.15) is 26.3 Å². The maximum Gasteiger partial charge on any atom is 0.342 e. The van der Waals surface area contributed by atoms with Crippen molar-refractivity contribution >= 4 is 49.6 Å². The first-order chi connectivity index (χ1) is 14.2. The number of ether oxygens (including phenoxy) is 1. The molecule has 30 heavy (non-hydrogen) atoms. The van der Waals surface area contributed by atoms with E-state index in [1.165, 1.54) is 6.07 Å². The number of pyridine rings is 1. The molecule has 0 aliphatic carbocycles. The Hall–Kier alpha value is -3.11. The lowest BCUT2D eigenvalue weighted by atomic mass is 9.94. The van der Waals surface area contributed by atoms with E-state index in [1.54, 1.807) is 6.07 Å². The van der Waals surface area contributed by atoms with Crippen molar-refractivity contribution in [3.8, 4) is 16.9 Å². The van der Waals surface area contributed by atoms with Crippen LogP contribution in [0.2, 0.25) is 0 Å². The lowest BCUT2D eigenvalue weighted by Gasteiger charge is -2.18. The first-order valence-corrected chi connectivity index (χ1v) is 9.97. The highest BCUT2D eigenvalue weighted by Gasteiger charge is 2.29. The second-order valence-corrected chi connectivity index (χ2v) is 7.91. The average Bonchev–Trinajstić information content (AvgIpc) is 2.66. The summed E-state index contributed by atoms with van der Waals surface area (Å²) in [5, 5.41) is 19.3. The molecule has 154 valence electrons. The van der Waals surface area contributed by atoms with Crippen LogP contribution >= 0.6 is 31.9 Å². The number of carbonyl (C=O) groups is 2. The van der Waals surface area contributed by atoms with Crippen molar-refractivity contribution in [2.24, 2.45) is 0 Å². The Balaban J connectivity index is 2.31. The van der Waals surface area contributed by atoms with Gasteiger partial charge in [0.15, 0.2) is 0 Å². The van der Waals surface area contributed by atoms with Gasteiger partial charge in [-0.05, 0) is 33.6 Å². The third-order valence-electron chi connectivity index (χ3n) is 4.18. The Morgan fingerprint density at radius 1 is 1.03 bits per heavy atom. The molecular weight excluding hydrogens is 524 g/mol. The number of H-pyrrole nitrogens is 1. The van der Waals surface area contributed by atoms with E-state index in [2.05, 4.69) is 36.8 Å². The summed E-state index contributed by atoms with van der Waals surface area (Å²) in [7, 11) is 0. The number of carboxylic acids is 2. The molecule has 1 heterocycles. The van der Waals surface area contributed by atoms with Crippen molar-refractivity contribution in [1.29, 1.82) is 0 Å². The third kappa shape index (κ3) is 4.24. The van der Waals surface area contributed by atoms with E-state index in [9.17, 15) is 24.6 Å². The summed E-state index contributed by atoms with van der Waals surface area (Å²) in [6.07, 6.45) is 0. The average molecular weight is 538 g/mol. The van der Waals surface area contributed by atoms with E-state index in [4.69, 9.17) is 10.5 Å². The molecule has 0 amide bonds. The number of rotatable bonds is 6. The molecule has 5 N–H and O–H groups in total. The number of hydrogen-bond acceptors (Lipinski definition) is 5. The molecule has 0 saturated carbocycles. The summed E-state index contributed by atoms with van der Waals surface area (Å²) in [6, 6.07) is 12.3. The number of nitrogen functional groups attached to an aromatic ring is 1. The zero-order valence-corrected chi connectivity index (χ0v) is 18.3. The van der Waals surface area contributed by atoms with E-state index in [1.807, 2.05) is 30.3 Å². The number of aromatic amines is 1. The number of halogens is 2. The highest BCUT2D eigenvalue weighted by molar-refractivity contribution is 9.11. The molecule has 2 aromatic carbocycles. The highest BCUT2D eigenvalue weighted by atomic mass is 79.9. The minimum Gasteiger partial charge on any atom is -0.487 e. The van der Waals surface area contributed by atoms with Gasteiger partial charge in [0, 0.05) is 15.6 Å². The Kier molecular flexibility index (Phi) is 6.28. The summed E-state index contributed by atoms with van der Waals surface area (Å²) in [6.45, 7) is 0.123. The second-order valence-electron chi connectivity index (χ2n) is 6.14. The van der Waals surface area contributed by atoms with Gasteiger partial charge in [-0.25, -0.2) is 9.59 Å². The molecule has 0 bridgehead atoms. The number of benzene rings is 2. The largest absolute Gasteiger partial charge is 0.487 e. The normalized spacial score (nSPS) is 10.6. The van der Waals surface area contributed by atoms with Crippen LogP contribution in [0.4, 0.5) is 5.82 Å². The van der Waals surface area contributed by atoms with Crippen LogP contribution in [0.15, 0.2) is 56.2 Å². The third-order valence-corrected chi connectivity index (χ3v) is 5.22. The van der Waals surface area contributed by atoms with Gasteiger partial charge in [0.2, 0.25) is 0 Å². The summed E-state index contributed by atoms with van der Waals surface area (Å²) in [4.78, 5) is 38.2. The van der Waals surface area contributed by atoms with Gasteiger partial charge in [-0.3, -0.25) is 4.79 Å². The highest BCUT2D eigenvalue weighted by Crippen LogP contribution is 2.42. The zero-order chi connectivity index (χ0) is 22.0. The molecular formula is C20H14Br2N2O6. The van der Waals surface area contributed by atoms with Gasteiger partial charge in [0.25, 0.3) is 5.56 Å². The Bertz CT molecular complexity index is 1210. The van der Waals surface area contributed by atoms with Crippen molar-refractivity contribution < 1.29 is 24.5 Å². The molecule has 8 nitrogen and oxygen atoms in total. The Labute approximate surface area is 186 Å². The fourth-order valence-electron chi connectivity index (χ4n) is 2.94. The Morgan fingerprint density at radius 2 is 1.67 bits per heavy atom. The maximum atomic E-state index is 12.3. The minimum absolute atomic E-state index is 0.0831. The molecule has 10 heteroatoms. The zero-order valence-electron chi connectivity index (χ0n) is 15.1. The van der Waals surface area contributed by atoms with Crippen molar-refractivity contribution in [1.82, 2.24) is 4.98 Å². The van der Waals surface area contributed by atoms with Crippen molar-refractivity contribution in [3.05, 3.63) is 78.5 Å². The quantitative estimate of drug-likeness (QED) is 0.370. The van der Waals surface area contributed by atoms with E-state index in [0.29, 0.717) is 8.95 Å². The Morgan fingerprint density at radius 3 is 2.27 bits per heavy atom. The smallest absolute Gasteiger partial charge is 0.342 e. The predicted molar refractivity (Wildman–Crippen MR) is 117 cm³/mol. The fourth-order valence-corrected chi connectivity index (χ4v) is 4.28. The van der Waals surface area contributed by atoms with Crippen molar-refractivity contribution in [3.63, 3.8) is 0 Å². The SMILES string of the molecule is Nc1[nH]c(=O)c(C(=O)O)c(-c2cc(Br)cc(Br)c2OCc2ccccc2)c1C(=O)O. The molecule has 0 spiro atoms. The van der Waals surface area contributed by atoms with Gasteiger partial charge in [-0.1, -0.05) is 46.3 Å². The van der Waals surface area contributed by atoms with Crippen LogP contribution in [0, 0.1) is 0 Å². The molecule has 3 aromatic rings. The molecule has 3 rings (SSSR count). The topological polar surface area (TPSA) is 143 Å². The van der Waals surface area contributed by atoms with Crippen LogP contribution in [-0.2, 0) is 6.61 Å². The summed E-state index contributed by atoms with van der Waals surface area (Å²) in [5.41, 5.74) is 3.98. The van der Waals surface area contributed by atoms with Gasteiger partial charge < -0.3 is 25.7 Å². The van der Waals surface area contributed by atoms with Gasteiger partial charge in [-0.15, -0.1) is 0 Å². The first kappa shape index (κ1) is 21.6. The number of carboxylic acid groups (broad SMARTS) is 2. The van der Waals surface area contributed by atoms with Gasteiger partial charge >= 0.3 is 11.9 Å². The monoisotopic (exact) mass is 536 g/mol. The van der Waals surface area contributed by atoms with Crippen LogP contribution in [-0.4, -0.2) is 27.1 Å². The molecule has 1 aromatic heterocycles. The van der Waals surface area contributed by atoms with Crippen molar-refractivity contribution in [2.75, 3.05) is 5.73 Å². The molecule has 0 radical (unpaired) electrons. The van der Waals surface area contributed by atoms with E-state index < -0.39 is 34.4 Å². The van der Waals surface area contributed by atoms with Gasteiger partial charge in [0.05, 0.1) is 4.47 Å². The van der Waals surface area contributed by atoms with E-state index in [-0.39, 0.29) is 23.5 Å². The predicted octanol–water partition coefficient (Wildman–Crippen LogP) is 4.12. The molecule has 0 atom stereocenters. The fraction of sp³-hybridized carbons (Fsp3) is 0.0500. The summed E-state index contributed by atoms with van der Waals surface area (Å²) in [5.74, 6) is -3.39. The van der Waals surface area contributed by atoms with Crippen molar-refractivity contribution in [2.45, 2.75) is 6.61 Å². The van der Waals surface area contributed by atoms with Crippen LogP contribution in [0.25, 0.3) is 11.1 Å². The lowest BCUT2D eigenvalue weighted by molar-refractivity contribution is 0.0695. The van der Waals surface area contributed by atoms with Crippen LogP contribution in [0.3, 0.4) is 0 Å². The number of aromatic carboxylic acids is 2. The second kappa shape index (κ2) is 8.72. The molecule has 0 aliphatic heterocycles. The number of aromatic nitrogens is 1. The molecule has 0 unspecified atom stereocenters. The van der Waals surface area contributed by atoms with Gasteiger partial charge in [0.1, 0.15) is 29.3 Å². The summed E-state index contributed by atoms with van der Waals surface area (Å²) < 4.78 is 6.83. The van der Waals surface area contributed by atoms with Crippen LogP contribution < -0.4 is 16.0 Å². The lowest BCUT2D eigenvalue weighted by Crippen LogP contribution is -2.24. The van der Waals surface area contributed by atoms with Crippen LogP contribution in [0.5, 0.6) is 5.75 Å². The number of hydrogen-bond donors (Lipinski definition) is 4.